The molecule has 1 aliphatic heterocycles. The second-order valence-corrected chi connectivity index (χ2v) is 8.86. The van der Waals surface area contributed by atoms with Gasteiger partial charge in [0, 0.05) is 36.6 Å². The van der Waals surface area contributed by atoms with Crippen LogP contribution < -0.4 is 10.2 Å². The maximum atomic E-state index is 13.1. The van der Waals surface area contributed by atoms with Crippen LogP contribution in [0.5, 0.6) is 0 Å². The summed E-state index contributed by atoms with van der Waals surface area (Å²) in [4.78, 5) is 30.9. The minimum absolute atomic E-state index is 0.144. The Morgan fingerprint density at radius 1 is 1.18 bits per heavy atom. The highest BCUT2D eigenvalue weighted by Gasteiger charge is 2.36. The molecule has 0 aliphatic carbocycles. The monoisotopic (exact) mass is 561 g/mol. The van der Waals surface area contributed by atoms with Crippen molar-refractivity contribution in [3.63, 3.8) is 0 Å². The minimum atomic E-state index is -4.63. The number of rotatable bonds is 7. The molecule has 1 fully saturated rings. The van der Waals surface area contributed by atoms with Gasteiger partial charge in [-0.1, -0.05) is 26.0 Å². The molecule has 1 aliphatic rings. The maximum absolute atomic E-state index is 13.1. The third kappa shape index (κ3) is 9.37. The van der Waals surface area contributed by atoms with Gasteiger partial charge in [0.2, 0.25) is 12.2 Å². The maximum Gasteiger partial charge on any atom is 0.451 e. The van der Waals surface area contributed by atoms with E-state index in [9.17, 15) is 22.8 Å². The largest absolute Gasteiger partial charge is 0.465 e. The fourth-order valence-electron chi connectivity index (χ4n) is 3.52. The lowest BCUT2D eigenvalue weighted by Crippen LogP contribution is -2.22. The molecule has 0 radical (unpaired) electrons. The Balaban J connectivity index is 0.000000301. The number of anilines is 1. The van der Waals surface area contributed by atoms with E-state index in [1.165, 1.54) is 19.2 Å². The van der Waals surface area contributed by atoms with Crippen LogP contribution in [0.2, 0.25) is 0 Å². The van der Waals surface area contributed by atoms with Gasteiger partial charge in [-0.15, -0.1) is 11.3 Å². The summed E-state index contributed by atoms with van der Waals surface area (Å²) in [5, 5.41) is 12.7. The predicted octanol–water partition coefficient (Wildman–Crippen LogP) is 5.48. The summed E-state index contributed by atoms with van der Waals surface area (Å²) in [5.41, 5.74) is 2.36. The number of benzene rings is 1. The van der Waals surface area contributed by atoms with Gasteiger partial charge >= 0.3 is 12.1 Å². The quantitative estimate of drug-likeness (QED) is 0.231. The second kappa shape index (κ2) is 15.4. The summed E-state index contributed by atoms with van der Waals surface area (Å²) in [5.74, 6) is -1.44. The van der Waals surface area contributed by atoms with Gasteiger partial charge in [0.1, 0.15) is 10.7 Å². The van der Waals surface area contributed by atoms with E-state index in [-0.39, 0.29) is 11.5 Å². The molecule has 0 unspecified atom stereocenters. The Morgan fingerprint density at radius 3 is 2.41 bits per heavy atom. The number of ether oxygens (including phenoxy) is 1. The molecular weight excluding hydrogens is 531 g/mol. The van der Waals surface area contributed by atoms with Crippen LogP contribution in [0.25, 0.3) is 11.3 Å². The lowest BCUT2D eigenvalue weighted by Gasteiger charge is -2.18. The van der Waals surface area contributed by atoms with E-state index < -0.39 is 18.0 Å². The first-order valence-corrected chi connectivity index (χ1v) is 13.2. The average Bonchev–Trinajstić information content (AvgIpc) is 3.67. The van der Waals surface area contributed by atoms with Crippen LogP contribution in [0.3, 0.4) is 0 Å². The third-order valence-electron chi connectivity index (χ3n) is 5.40. The fraction of sp³-hybridized carbons (Fsp3) is 0.370. The molecule has 0 spiro atoms. The van der Waals surface area contributed by atoms with Crippen LogP contribution in [0.1, 0.15) is 53.3 Å². The van der Waals surface area contributed by atoms with Crippen LogP contribution in [0, 0.1) is 11.3 Å². The number of thiophene rings is 1. The van der Waals surface area contributed by atoms with Crippen molar-refractivity contribution in [1.29, 1.82) is 5.26 Å². The summed E-state index contributed by atoms with van der Waals surface area (Å²) < 4.78 is 44.0. The Labute approximate surface area is 229 Å². The predicted molar refractivity (Wildman–Crippen MR) is 143 cm³/mol. The van der Waals surface area contributed by atoms with Crippen LogP contribution in [-0.4, -0.2) is 49.1 Å². The van der Waals surface area contributed by atoms with Crippen LogP contribution in [0.15, 0.2) is 41.8 Å². The molecular formula is C27H30F3N5O3S. The van der Waals surface area contributed by atoms with Crippen LogP contribution >= 0.6 is 11.3 Å². The number of amides is 1. The number of esters is 1. The highest BCUT2D eigenvalue weighted by molar-refractivity contribution is 7.12. The molecule has 0 atom stereocenters. The standard InChI is InChI=1S/C15H14F3N3O2S.C10H10N2O.C2H6/c1-23-13(22)11-6-9(8-24-11)10-7-12(21-4-2-3-5-21)20-14(19-10)15(16,17)18;11-7-10-3-1-9(2-4-10)5-6-12-8-13;1-2/h6-8H,2-5H2,1H3;1-4,8H,5-6H2,(H,12,13);1-2H3. The fourth-order valence-corrected chi connectivity index (χ4v) is 4.33. The topological polar surface area (TPSA) is 108 Å². The van der Waals surface area contributed by atoms with Crippen molar-refractivity contribution in [1.82, 2.24) is 15.3 Å². The van der Waals surface area contributed by atoms with Gasteiger partial charge in [0.15, 0.2) is 0 Å². The lowest BCUT2D eigenvalue weighted by atomic mass is 10.1. The number of aromatic nitrogens is 2. The van der Waals surface area contributed by atoms with Gasteiger partial charge < -0.3 is 15.0 Å². The number of carbonyl (C=O) groups excluding carboxylic acids is 2. The number of nitrogens with zero attached hydrogens (tertiary/aromatic N) is 4. The SMILES string of the molecule is CC.COC(=O)c1cc(-c2cc(N3CCCC3)nc(C(F)(F)F)n2)cs1.N#Cc1ccc(CCNC=O)cc1. The third-order valence-corrected chi connectivity index (χ3v) is 6.31. The molecule has 39 heavy (non-hydrogen) atoms. The minimum Gasteiger partial charge on any atom is -0.465 e. The lowest BCUT2D eigenvalue weighted by molar-refractivity contribution is -0.144. The first-order valence-electron chi connectivity index (χ1n) is 12.3. The molecule has 1 N–H and O–H groups in total. The van der Waals surface area contributed by atoms with E-state index in [0.29, 0.717) is 42.0 Å². The van der Waals surface area contributed by atoms with Crippen molar-refractivity contribution in [3.05, 3.63) is 63.6 Å². The number of hydrogen-bond acceptors (Lipinski definition) is 8. The molecule has 8 nitrogen and oxygen atoms in total. The van der Waals surface area contributed by atoms with Gasteiger partial charge in [0.25, 0.3) is 0 Å². The van der Waals surface area contributed by atoms with Crippen molar-refractivity contribution in [2.45, 2.75) is 39.3 Å². The molecule has 3 heterocycles. The molecule has 12 heteroatoms. The van der Waals surface area contributed by atoms with Crippen LogP contribution in [0.4, 0.5) is 19.0 Å². The number of nitriles is 1. The molecule has 3 aromatic rings. The van der Waals surface area contributed by atoms with Gasteiger partial charge in [-0.25, -0.2) is 14.8 Å². The molecule has 0 saturated carbocycles. The van der Waals surface area contributed by atoms with Crippen molar-refractivity contribution in [2.24, 2.45) is 0 Å². The first-order chi connectivity index (χ1) is 18.7. The highest BCUT2D eigenvalue weighted by Crippen LogP contribution is 2.33. The van der Waals surface area contributed by atoms with Gasteiger partial charge in [-0.3, -0.25) is 4.79 Å². The summed E-state index contributed by atoms with van der Waals surface area (Å²) >= 11 is 1.10. The van der Waals surface area contributed by atoms with Crippen molar-refractivity contribution >= 4 is 29.5 Å². The normalized spacial score (nSPS) is 12.3. The van der Waals surface area contributed by atoms with Gasteiger partial charge in [0.05, 0.1) is 24.4 Å². The van der Waals surface area contributed by atoms with Crippen molar-refractivity contribution < 1.29 is 27.5 Å². The van der Waals surface area contributed by atoms with E-state index in [2.05, 4.69) is 20.0 Å². The smallest absolute Gasteiger partial charge is 0.451 e. The van der Waals surface area contributed by atoms with E-state index in [1.54, 1.807) is 17.5 Å². The Bertz CT molecular complexity index is 1250. The summed E-state index contributed by atoms with van der Waals surface area (Å²) in [6.07, 6.45) is -1.31. The molecule has 1 aromatic carbocycles. The molecule has 0 bridgehead atoms. The van der Waals surface area contributed by atoms with E-state index in [1.807, 2.05) is 36.9 Å². The zero-order chi connectivity index (χ0) is 28.8. The van der Waals surface area contributed by atoms with Crippen molar-refractivity contribution in [3.8, 4) is 17.3 Å². The van der Waals surface area contributed by atoms with Crippen LogP contribution in [-0.2, 0) is 22.1 Å². The molecule has 1 saturated heterocycles. The van der Waals surface area contributed by atoms with Gasteiger partial charge in [-0.2, -0.15) is 18.4 Å². The zero-order valence-corrected chi connectivity index (χ0v) is 22.7. The molecule has 1 amide bonds. The van der Waals surface area contributed by atoms with E-state index >= 15 is 0 Å². The number of halogens is 3. The Hall–Kier alpha value is -3.98. The van der Waals surface area contributed by atoms with E-state index in [4.69, 9.17) is 5.26 Å². The number of methoxy groups -OCH3 is 1. The molecule has 4 rings (SSSR count). The Morgan fingerprint density at radius 2 is 1.85 bits per heavy atom. The molecule has 208 valence electrons. The second-order valence-electron chi connectivity index (χ2n) is 7.95. The zero-order valence-electron chi connectivity index (χ0n) is 21.9. The summed E-state index contributed by atoms with van der Waals surface area (Å²) in [6.45, 7) is 5.98. The summed E-state index contributed by atoms with van der Waals surface area (Å²) in [6, 6.07) is 12.4. The number of nitrogens with one attached hydrogen (secondary N) is 1. The molecule has 2 aromatic heterocycles. The van der Waals surface area contributed by atoms with E-state index in [0.717, 1.165) is 36.2 Å². The Kier molecular flexibility index (Phi) is 12.4. The van der Waals surface area contributed by atoms with Gasteiger partial charge in [-0.05, 0) is 43.0 Å². The van der Waals surface area contributed by atoms with Crippen molar-refractivity contribution in [2.75, 3.05) is 31.6 Å². The first kappa shape index (κ1) is 31.2. The number of hydrogen-bond donors (Lipinski definition) is 1. The number of carbonyl (C=O) groups is 2. The highest BCUT2D eigenvalue weighted by atomic mass is 32.1. The average molecular weight is 562 g/mol. The number of alkyl halides is 3. The summed E-state index contributed by atoms with van der Waals surface area (Å²) in [7, 11) is 1.25.